The highest BCUT2D eigenvalue weighted by Crippen LogP contribution is 2.29. The van der Waals surface area contributed by atoms with Crippen molar-refractivity contribution < 1.29 is 19.4 Å². The summed E-state index contributed by atoms with van der Waals surface area (Å²) >= 11 is 5.88. The molecule has 3 aromatic rings. The van der Waals surface area contributed by atoms with Gasteiger partial charge in [0.25, 0.3) is 0 Å². The lowest BCUT2D eigenvalue weighted by Gasteiger charge is -2.28. The summed E-state index contributed by atoms with van der Waals surface area (Å²) in [6.07, 6.45) is 2.68. The number of hydrogen-bond acceptors (Lipinski definition) is 4. The first kappa shape index (κ1) is 21.1. The molecule has 1 aliphatic rings. The molecule has 0 saturated carbocycles. The Morgan fingerprint density at radius 2 is 1.35 bits per heavy atom. The summed E-state index contributed by atoms with van der Waals surface area (Å²) < 4.78 is 11.6. The standard InChI is InChI=1S/C25H24ClNO4/c26-19-6-4-18(5-7-19)24(25(28)29)31-23-14-12-22(13-15-23)30-21-10-8-20(9-11-21)27-16-2-1-3-17-27/h4-15,24H,1-3,16-17H2,(H,28,29). The summed E-state index contributed by atoms with van der Waals surface area (Å²) in [7, 11) is 0. The number of carboxylic acid groups (broad SMARTS) is 1. The lowest BCUT2D eigenvalue weighted by molar-refractivity contribution is -0.145. The fraction of sp³-hybridized carbons (Fsp3) is 0.240. The SMILES string of the molecule is O=C(O)C(Oc1ccc(Oc2ccc(N3CCCCC3)cc2)cc1)c1ccc(Cl)cc1. The predicted octanol–water partition coefficient (Wildman–Crippen LogP) is 6.33. The zero-order chi connectivity index (χ0) is 21.6. The molecule has 1 N–H and O–H groups in total. The first-order valence-corrected chi connectivity index (χ1v) is 10.7. The second-order valence-corrected chi connectivity index (χ2v) is 7.94. The lowest BCUT2D eigenvalue weighted by Crippen LogP contribution is -2.29. The van der Waals surface area contributed by atoms with Crippen molar-refractivity contribution in [3.63, 3.8) is 0 Å². The monoisotopic (exact) mass is 437 g/mol. The molecule has 1 atom stereocenters. The van der Waals surface area contributed by atoms with Crippen LogP contribution in [0.2, 0.25) is 5.02 Å². The fourth-order valence-electron chi connectivity index (χ4n) is 3.63. The summed E-state index contributed by atoms with van der Waals surface area (Å²) in [5, 5.41) is 10.1. The van der Waals surface area contributed by atoms with Gasteiger partial charge < -0.3 is 19.5 Å². The van der Waals surface area contributed by atoms with Gasteiger partial charge in [-0.25, -0.2) is 4.79 Å². The van der Waals surface area contributed by atoms with E-state index in [9.17, 15) is 9.90 Å². The third-order valence-corrected chi connectivity index (χ3v) is 5.52. The van der Waals surface area contributed by atoms with E-state index in [-0.39, 0.29) is 0 Å². The maximum Gasteiger partial charge on any atom is 0.349 e. The van der Waals surface area contributed by atoms with Crippen LogP contribution < -0.4 is 14.4 Å². The number of hydrogen-bond donors (Lipinski definition) is 1. The van der Waals surface area contributed by atoms with Gasteiger partial charge >= 0.3 is 5.97 Å². The number of carbonyl (C=O) groups is 1. The van der Waals surface area contributed by atoms with Gasteiger partial charge in [0.2, 0.25) is 6.10 Å². The molecule has 1 fully saturated rings. The molecule has 31 heavy (non-hydrogen) atoms. The van der Waals surface area contributed by atoms with Gasteiger partial charge in [-0.15, -0.1) is 0 Å². The summed E-state index contributed by atoms with van der Waals surface area (Å²) in [6, 6.07) is 21.6. The molecule has 0 bridgehead atoms. The molecule has 0 spiro atoms. The van der Waals surface area contributed by atoms with E-state index in [0.29, 0.717) is 22.1 Å². The van der Waals surface area contributed by atoms with Crippen LogP contribution >= 0.6 is 11.6 Å². The molecule has 5 nitrogen and oxygen atoms in total. The minimum absolute atomic E-state index is 0.440. The molecule has 0 radical (unpaired) electrons. The molecule has 0 aliphatic carbocycles. The van der Waals surface area contributed by atoms with Gasteiger partial charge in [0.05, 0.1) is 0 Å². The lowest BCUT2D eigenvalue weighted by atomic mass is 10.1. The van der Waals surface area contributed by atoms with Gasteiger partial charge in [-0.1, -0.05) is 23.7 Å². The molecule has 1 heterocycles. The molecule has 3 aromatic carbocycles. The minimum Gasteiger partial charge on any atom is -0.478 e. The van der Waals surface area contributed by atoms with Crippen molar-refractivity contribution in [1.82, 2.24) is 0 Å². The van der Waals surface area contributed by atoms with Gasteiger partial charge in [0.15, 0.2) is 0 Å². The highest BCUT2D eigenvalue weighted by atomic mass is 35.5. The summed E-state index contributed by atoms with van der Waals surface area (Å²) in [4.78, 5) is 14.1. The molecule has 1 unspecified atom stereocenters. The molecule has 6 heteroatoms. The predicted molar refractivity (Wildman–Crippen MR) is 121 cm³/mol. The van der Waals surface area contributed by atoms with Crippen molar-refractivity contribution in [2.45, 2.75) is 25.4 Å². The number of piperidine rings is 1. The smallest absolute Gasteiger partial charge is 0.349 e. The Kier molecular flexibility index (Phi) is 6.63. The van der Waals surface area contributed by atoms with E-state index in [0.717, 1.165) is 18.8 Å². The van der Waals surface area contributed by atoms with Crippen LogP contribution in [0.4, 0.5) is 5.69 Å². The number of halogens is 1. The van der Waals surface area contributed by atoms with Crippen LogP contribution in [0, 0.1) is 0 Å². The molecule has 4 rings (SSSR count). The van der Waals surface area contributed by atoms with E-state index in [1.165, 1.54) is 24.9 Å². The zero-order valence-electron chi connectivity index (χ0n) is 17.0. The minimum atomic E-state index is -1.12. The number of aliphatic carboxylic acids is 1. The summed E-state index contributed by atoms with van der Waals surface area (Å²) in [5.41, 5.74) is 1.74. The van der Waals surface area contributed by atoms with Crippen molar-refractivity contribution in [2.75, 3.05) is 18.0 Å². The summed E-state index contributed by atoms with van der Waals surface area (Å²) in [5.74, 6) is 0.766. The molecule has 160 valence electrons. The van der Waals surface area contributed by atoms with E-state index in [4.69, 9.17) is 21.1 Å². The molecular weight excluding hydrogens is 414 g/mol. The maximum atomic E-state index is 11.7. The van der Waals surface area contributed by atoms with Crippen LogP contribution in [0.25, 0.3) is 0 Å². The Balaban J connectivity index is 1.39. The largest absolute Gasteiger partial charge is 0.478 e. The van der Waals surface area contributed by atoms with Crippen molar-refractivity contribution in [2.24, 2.45) is 0 Å². The highest BCUT2D eigenvalue weighted by molar-refractivity contribution is 6.30. The Morgan fingerprint density at radius 1 is 0.806 bits per heavy atom. The Bertz CT molecular complexity index is 997. The molecule has 1 saturated heterocycles. The average molecular weight is 438 g/mol. The van der Waals surface area contributed by atoms with Crippen molar-refractivity contribution in [3.8, 4) is 17.2 Å². The third kappa shape index (κ3) is 5.50. The Hall–Kier alpha value is -3.18. The summed E-state index contributed by atoms with van der Waals surface area (Å²) in [6.45, 7) is 2.21. The van der Waals surface area contributed by atoms with Crippen LogP contribution in [0.1, 0.15) is 30.9 Å². The van der Waals surface area contributed by atoms with Crippen LogP contribution in [0.3, 0.4) is 0 Å². The van der Waals surface area contributed by atoms with E-state index in [2.05, 4.69) is 17.0 Å². The van der Waals surface area contributed by atoms with Crippen LogP contribution in [0.15, 0.2) is 72.8 Å². The topological polar surface area (TPSA) is 59.0 Å². The molecule has 0 amide bonds. The number of rotatable bonds is 7. The van der Waals surface area contributed by atoms with Gasteiger partial charge in [-0.2, -0.15) is 0 Å². The van der Waals surface area contributed by atoms with Gasteiger partial charge in [0, 0.05) is 29.4 Å². The number of ether oxygens (including phenoxy) is 2. The van der Waals surface area contributed by atoms with E-state index >= 15 is 0 Å². The second-order valence-electron chi connectivity index (χ2n) is 7.50. The quantitative estimate of drug-likeness (QED) is 0.468. The van der Waals surface area contributed by atoms with Crippen molar-refractivity contribution in [3.05, 3.63) is 83.4 Å². The van der Waals surface area contributed by atoms with Crippen molar-refractivity contribution in [1.29, 1.82) is 0 Å². The third-order valence-electron chi connectivity index (χ3n) is 5.27. The Labute approximate surface area is 186 Å². The number of nitrogens with zero attached hydrogens (tertiary/aromatic N) is 1. The zero-order valence-corrected chi connectivity index (χ0v) is 17.8. The number of benzene rings is 3. The van der Waals surface area contributed by atoms with Crippen LogP contribution in [-0.4, -0.2) is 24.2 Å². The van der Waals surface area contributed by atoms with E-state index in [1.54, 1.807) is 48.5 Å². The average Bonchev–Trinajstić information content (AvgIpc) is 2.80. The second kappa shape index (κ2) is 9.75. The number of anilines is 1. The fourth-order valence-corrected chi connectivity index (χ4v) is 3.76. The molecule has 1 aliphatic heterocycles. The highest BCUT2D eigenvalue weighted by Gasteiger charge is 2.22. The van der Waals surface area contributed by atoms with E-state index < -0.39 is 12.1 Å². The van der Waals surface area contributed by atoms with E-state index in [1.807, 2.05) is 12.1 Å². The number of carboxylic acids is 1. The first-order chi connectivity index (χ1) is 15.1. The molecular formula is C25H24ClNO4. The first-order valence-electron chi connectivity index (χ1n) is 10.4. The van der Waals surface area contributed by atoms with Crippen molar-refractivity contribution >= 4 is 23.3 Å². The Morgan fingerprint density at radius 3 is 1.94 bits per heavy atom. The molecule has 0 aromatic heterocycles. The van der Waals surface area contributed by atoms with Crippen LogP contribution in [-0.2, 0) is 4.79 Å². The maximum absolute atomic E-state index is 11.7. The van der Waals surface area contributed by atoms with Crippen LogP contribution in [0.5, 0.6) is 17.2 Å². The van der Waals surface area contributed by atoms with Gasteiger partial charge in [-0.3, -0.25) is 0 Å². The normalized spacial score (nSPS) is 14.7. The van der Waals surface area contributed by atoms with Gasteiger partial charge in [-0.05, 0) is 79.9 Å². The van der Waals surface area contributed by atoms with Gasteiger partial charge in [0.1, 0.15) is 17.2 Å².